The average Bonchev–Trinajstić information content (AvgIpc) is 2.34. The molecule has 0 saturated carbocycles. The maximum Gasteiger partial charge on any atom is 0.149 e. The van der Waals surface area contributed by atoms with E-state index in [1.165, 1.54) is 24.3 Å². The molecule has 0 aliphatic rings. The van der Waals surface area contributed by atoms with Crippen LogP contribution in [-0.4, -0.2) is 8.11 Å². The third kappa shape index (κ3) is 2.97. The highest BCUT2D eigenvalue weighted by Gasteiger charge is 2.21. The Morgan fingerprint density at radius 1 is 0.833 bits per heavy atom. The fourth-order valence-corrected chi connectivity index (χ4v) is 4.44. The summed E-state index contributed by atoms with van der Waals surface area (Å²) in [7, 11) is -1.54. The largest absolute Gasteiger partial charge is 0.207 e. The Bertz CT molecular complexity index is 463. The first-order valence-corrected chi connectivity index (χ1v) is 9.29. The molecule has 94 valence electrons. The summed E-state index contributed by atoms with van der Waals surface area (Å²) in [6.45, 7) is 2.01. The van der Waals surface area contributed by atoms with Crippen molar-refractivity contribution >= 4 is 19.2 Å². The van der Waals surface area contributed by atoms with Gasteiger partial charge < -0.3 is 0 Å². The lowest BCUT2D eigenvalue weighted by Crippen LogP contribution is -2.15. The fraction of sp³-hybridized carbons (Fsp3) is 0.143. The molecule has 0 aromatic heterocycles. The molecule has 0 nitrogen and oxygen atoms in total. The normalized spacial score (nSPS) is 12.7. The molecule has 0 aliphatic heterocycles. The highest BCUT2D eigenvalue weighted by molar-refractivity contribution is 7.07. The van der Waals surface area contributed by atoms with Crippen LogP contribution in [0.5, 0.6) is 0 Å². The Labute approximate surface area is 112 Å². The summed E-state index contributed by atoms with van der Waals surface area (Å²) < 4.78 is 25.9. The van der Waals surface area contributed by atoms with Crippen molar-refractivity contribution < 1.29 is 8.78 Å². The van der Waals surface area contributed by atoms with Crippen LogP contribution in [0, 0.1) is 11.6 Å². The van der Waals surface area contributed by atoms with E-state index in [2.05, 4.69) is 0 Å². The molecule has 2 rings (SSSR count). The van der Waals surface area contributed by atoms with E-state index in [0.29, 0.717) is 0 Å². The average molecular weight is 283 g/mol. The predicted molar refractivity (Wildman–Crippen MR) is 73.5 cm³/mol. The summed E-state index contributed by atoms with van der Waals surface area (Å²) in [6, 6.07) is 12.7. The van der Waals surface area contributed by atoms with Gasteiger partial charge >= 0.3 is 0 Å². The molecule has 0 spiro atoms. The molecule has 0 N–H and O–H groups in total. The Morgan fingerprint density at radius 3 is 1.44 bits per heavy atom. The van der Waals surface area contributed by atoms with Gasteiger partial charge in [0.25, 0.3) is 0 Å². The molecule has 2 aromatic carbocycles. The van der Waals surface area contributed by atoms with E-state index in [-0.39, 0.29) is 17.2 Å². The number of benzene rings is 2. The van der Waals surface area contributed by atoms with E-state index >= 15 is 0 Å². The van der Waals surface area contributed by atoms with Crippen LogP contribution in [0.25, 0.3) is 0 Å². The first-order valence-electron chi connectivity index (χ1n) is 5.73. The van der Waals surface area contributed by atoms with E-state index in [1.807, 2.05) is 6.55 Å². The SMILES string of the molecule is C[SiH](Cl)C(c1ccc(F)cc1)c1ccc(F)cc1. The first-order chi connectivity index (χ1) is 8.58. The van der Waals surface area contributed by atoms with Gasteiger partial charge in [-0.25, -0.2) is 8.78 Å². The van der Waals surface area contributed by atoms with Gasteiger partial charge in [0.1, 0.15) is 19.7 Å². The Balaban J connectivity index is 2.39. The van der Waals surface area contributed by atoms with Crippen molar-refractivity contribution in [2.45, 2.75) is 12.1 Å². The van der Waals surface area contributed by atoms with Gasteiger partial charge in [0, 0.05) is 5.54 Å². The minimum Gasteiger partial charge on any atom is -0.207 e. The zero-order valence-corrected chi connectivity index (χ0v) is 11.8. The lowest BCUT2D eigenvalue weighted by molar-refractivity contribution is 0.626. The van der Waals surface area contributed by atoms with E-state index < -0.39 is 8.11 Å². The summed E-state index contributed by atoms with van der Waals surface area (Å²) in [5.41, 5.74) is 2.03. The molecular weight excluding hydrogens is 270 g/mol. The Morgan fingerprint density at radius 2 is 1.17 bits per heavy atom. The standard InChI is InChI=1S/C14H13ClF2Si/c1-18(15)14(10-2-6-12(16)7-3-10)11-4-8-13(17)9-5-11/h2-9,14,18H,1H3. The number of hydrogen-bond acceptors (Lipinski definition) is 0. The van der Waals surface area contributed by atoms with Gasteiger partial charge in [-0.15, -0.1) is 0 Å². The van der Waals surface area contributed by atoms with Crippen LogP contribution in [-0.2, 0) is 0 Å². The lowest BCUT2D eigenvalue weighted by atomic mass is 10.0. The molecule has 18 heavy (non-hydrogen) atoms. The minimum atomic E-state index is -1.54. The first kappa shape index (κ1) is 13.2. The van der Waals surface area contributed by atoms with Crippen molar-refractivity contribution in [3.8, 4) is 0 Å². The summed E-state index contributed by atoms with van der Waals surface area (Å²) in [6.07, 6.45) is 0. The summed E-state index contributed by atoms with van der Waals surface area (Å²) in [4.78, 5) is 0. The van der Waals surface area contributed by atoms with Gasteiger partial charge in [-0.05, 0) is 35.4 Å². The van der Waals surface area contributed by atoms with Crippen molar-refractivity contribution in [3.05, 3.63) is 71.3 Å². The van der Waals surface area contributed by atoms with E-state index in [4.69, 9.17) is 11.1 Å². The highest BCUT2D eigenvalue weighted by Crippen LogP contribution is 2.29. The molecular formula is C14H13ClF2Si. The molecule has 4 heteroatoms. The molecule has 0 aliphatic carbocycles. The summed E-state index contributed by atoms with van der Waals surface area (Å²) in [5.74, 6) is -0.527. The Kier molecular flexibility index (Phi) is 4.14. The number of hydrogen-bond donors (Lipinski definition) is 0. The van der Waals surface area contributed by atoms with Gasteiger partial charge in [-0.1, -0.05) is 30.8 Å². The molecule has 1 atom stereocenters. The van der Waals surface area contributed by atoms with Crippen LogP contribution >= 0.6 is 11.1 Å². The van der Waals surface area contributed by atoms with E-state index in [9.17, 15) is 8.78 Å². The quantitative estimate of drug-likeness (QED) is 0.584. The second-order valence-electron chi connectivity index (χ2n) is 4.26. The molecule has 2 aromatic rings. The van der Waals surface area contributed by atoms with Gasteiger partial charge in [0.05, 0.1) is 0 Å². The van der Waals surface area contributed by atoms with E-state index in [0.717, 1.165) is 11.1 Å². The summed E-state index contributed by atoms with van der Waals surface area (Å²) >= 11 is 6.34. The second-order valence-corrected chi connectivity index (χ2v) is 8.35. The van der Waals surface area contributed by atoms with Crippen LogP contribution in [0.1, 0.15) is 16.7 Å². The van der Waals surface area contributed by atoms with E-state index in [1.54, 1.807) is 24.3 Å². The minimum absolute atomic E-state index is 0.0628. The maximum atomic E-state index is 12.9. The van der Waals surface area contributed by atoms with Gasteiger partial charge in [-0.3, -0.25) is 0 Å². The number of halogens is 3. The number of rotatable bonds is 3. The van der Waals surface area contributed by atoms with Crippen molar-refractivity contribution in [1.29, 1.82) is 0 Å². The maximum absolute atomic E-state index is 12.9. The monoisotopic (exact) mass is 282 g/mol. The molecule has 0 fully saturated rings. The van der Waals surface area contributed by atoms with Crippen molar-refractivity contribution in [2.75, 3.05) is 0 Å². The Hall–Kier alpha value is -1.19. The molecule has 0 heterocycles. The molecule has 0 amide bonds. The third-order valence-electron chi connectivity index (χ3n) is 2.92. The fourth-order valence-electron chi connectivity index (χ4n) is 2.06. The van der Waals surface area contributed by atoms with Gasteiger partial charge in [0.15, 0.2) is 0 Å². The van der Waals surface area contributed by atoms with Crippen LogP contribution < -0.4 is 0 Å². The predicted octanol–water partition coefficient (Wildman–Crippen LogP) is 4.23. The molecule has 0 radical (unpaired) electrons. The summed E-state index contributed by atoms with van der Waals surface area (Å²) in [5, 5.41) is 0. The van der Waals surface area contributed by atoms with Crippen LogP contribution in [0.4, 0.5) is 8.78 Å². The molecule has 1 unspecified atom stereocenters. The van der Waals surface area contributed by atoms with Crippen molar-refractivity contribution in [3.63, 3.8) is 0 Å². The van der Waals surface area contributed by atoms with Crippen molar-refractivity contribution in [2.24, 2.45) is 0 Å². The smallest absolute Gasteiger partial charge is 0.149 e. The van der Waals surface area contributed by atoms with Crippen LogP contribution in [0.15, 0.2) is 48.5 Å². The zero-order valence-electron chi connectivity index (χ0n) is 9.91. The zero-order chi connectivity index (χ0) is 13.1. The van der Waals surface area contributed by atoms with Crippen LogP contribution in [0.2, 0.25) is 6.55 Å². The third-order valence-corrected chi connectivity index (χ3v) is 5.36. The van der Waals surface area contributed by atoms with Crippen LogP contribution in [0.3, 0.4) is 0 Å². The van der Waals surface area contributed by atoms with Crippen molar-refractivity contribution in [1.82, 2.24) is 0 Å². The van der Waals surface area contributed by atoms with Gasteiger partial charge in [-0.2, -0.15) is 11.1 Å². The highest BCUT2D eigenvalue weighted by atomic mass is 35.6. The topological polar surface area (TPSA) is 0 Å². The second kappa shape index (κ2) is 5.63. The van der Waals surface area contributed by atoms with Gasteiger partial charge in [0.2, 0.25) is 0 Å². The lowest BCUT2D eigenvalue weighted by Gasteiger charge is -2.19. The molecule has 0 bridgehead atoms. The molecule has 0 saturated heterocycles.